The quantitative estimate of drug-likeness (QED) is 0.629. The molecule has 1 heterocycles. The van der Waals surface area contributed by atoms with Crippen LogP contribution in [0.25, 0.3) is 0 Å². The molecule has 0 aliphatic carbocycles. The van der Waals surface area contributed by atoms with Gasteiger partial charge in [0.2, 0.25) is 0 Å². The van der Waals surface area contributed by atoms with Crippen LogP contribution in [-0.2, 0) is 4.79 Å². The van der Waals surface area contributed by atoms with Crippen LogP contribution in [0.3, 0.4) is 0 Å². The maximum Gasteiger partial charge on any atom is 0.317 e. The molecule has 1 saturated heterocycles. The Morgan fingerprint density at radius 1 is 1.35 bits per heavy atom. The highest BCUT2D eigenvalue weighted by molar-refractivity contribution is 5.74. The lowest BCUT2D eigenvalue weighted by Gasteiger charge is -2.19. The number of hydrogen-bond donors (Lipinski definition) is 3. The smallest absolute Gasteiger partial charge is 0.317 e. The second kappa shape index (κ2) is 8.79. The summed E-state index contributed by atoms with van der Waals surface area (Å²) in [6.07, 6.45) is 3.93. The second-order valence-electron chi connectivity index (χ2n) is 5.50. The molecule has 0 aromatic rings. The summed E-state index contributed by atoms with van der Waals surface area (Å²) in [6, 6.07) is -0.130. The van der Waals surface area contributed by atoms with Gasteiger partial charge in [-0.15, -0.1) is 0 Å². The van der Waals surface area contributed by atoms with Gasteiger partial charge < -0.3 is 20.4 Å². The van der Waals surface area contributed by atoms with E-state index in [9.17, 15) is 14.7 Å². The fourth-order valence-electron chi connectivity index (χ4n) is 2.59. The number of likely N-dealkylation sites (tertiary alicyclic amines) is 1. The van der Waals surface area contributed by atoms with Crippen molar-refractivity contribution in [1.82, 2.24) is 10.2 Å². The number of hydrogen-bond acceptors (Lipinski definition) is 3. The minimum absolute atomic E-state index is 0.130. The van der Waals surface area contributed by atoms with Gasteiger partial charge >= 0.3 is 12.0 Å². The molecule has 2 atom stereocenters. The number of urea groups is 1. The molecular formula is C14H26N2O4. The van der Waals surface area contributed by atoms with E-state index < -0.39 is 12.1 Å². The maximum atomic E-state index is 11.8. The Labute approximate surface area is 120 Å². The Bertz CT molecular complexity index is 322. The van der Waals surface area contributed by atoms with Gasteiger partial charge in [0.15, 0.2) is 0 Å². The van der Waals surface area contributed by atoms with Crippen LogP contribution in [0.2, 0.25) is 0 Å². The van der Waals surface area contributed by atoms with Crippen LogP contribution in [0.15, 0.2) is 0 Å². The van der Waals surface area contributed by atoms with Gasteiger partial charge in [0, 0.05) is 26.1 Å². The van der Waals surface area contributed by atoms with Crippen molar-refractivity contribution in [2.75, 3.05) is 19.6 Å². The van der Waals surface area contributed by atoms with Gasteiger partial charge in [0.25, 0.3) is 0 Å². The zero-order chi connectivity index (χ0) is 15.0. The van der Waals surface area contributed by atoms with Crippen LogP contribution in [0.1, 0.15) is 45.4 Å². The Morgan fingerprint density at radius 2 is 2.10 bits per heavy atom. The molecule has 0 aromatic carbocycles. The Balaban J connectivity index is 2.21. The summed E-state index contributed by atoms with van der Waals surface area (Å²) in [4.78, 5) is 24.0. The fraction of sp³-hybridized carbons (Fsp3) is 0.857. The van der Waals surface area contributed by atoms with Gasteiger partial charge in [0.05, 0.1) is 6.10 Å². The zero-order valence-corrected chi connectivity index (χ0v) is 12.2. The highest BCUT2D eigenvalue weighted by Gasteiger charge is 2.24. The lowest BCUT2D eigenvalue weighted by molar-refractivity contribution is -0.137. The van der Waals surface area contributed by atoms with E-state index in [1.54, 1.807) is 4.90 Å². The third kappa shape index (κ3) is 6.23. The lowest BCUT2D eigenvalue weighted by Crippen LogP contribution is -2.39. The minimum atomic E-state index is -0.763. The number of aliphatic carboxylic acids is 1. The van der Waals surface area contributed by atoms with Gasteiger partial charge in [-0.25, -0.2) is 4.79 Å². The first-order valence-electron chi connectivity index (χ1n) is 7.45. The predicted octanol–water partition coefficient (Wildman–Crippen LogP) is 1.43. The van der Waals surface area contributed by atoms with Crippen molar-refractivity contribution in [3.8, 4) is 0 Å². The standard InChI is InChI=1S/C14H26N2O4/c1-2-3-11(4-5-13(18)19)6-8-15-14(20)16-9-7-12(17)10-16/h11-12,17H,2-10H2,1H3,(H,15,20)(H,18,19). The van der Waals surface area contributed by atoms with Crippen molar-refractivity contribution in [3.63, 3.8) is 0 Å². The van der Waals surface area contributed by atoms with E-state index in [0.717, 1.165) is 19.3 Å². The van der Waals surface area contributed by atoms with E-state index in [0.29, 0.717) is 38.4 Å². The number of aliphatic hydroxyl groups excluding tert-OH is 1. The topological polar surface area (TPSA) is 89.9 Å². The van der Waals surface area contributed by atoms with E-state index in [1.807, 2.05) is 0 Å². The summed E-state index contributed by atoms with van der Waals surface area (Å²) < 4.78 is 0. The van der Waals surface area contributed by atoms with E-state index >= 15 is 0 Å². The Kier molecular flexibility index (Phi) is 7.36. The first kappa shape index (κ1) is 16.8. The highest BCUT2D eigenvalue weighted by atomic mass is 16.4. The van der Waals surface area contributed by atoms with Crippen LogP contribution in [0.4, 0.5) is 4.79 Å². The van der Waals surface area contributed by atoms with Gasteiger partial charge in [-0.3, -0.25) is 4.79 Å². The number of amides is 2. The van der Waals surface area contributed by atoms with Crippen molar-refractivity contribution in [1.29, 1.82) is 0 Å². The number of carboxylic acids is 1. The minimum Gasteiger partial charge on any atom is -0.481 e. The summed E-state index contributed by atoms with van der Waals surface area (Å²) in [7, 11) is 0. The molecule has 1 aliphatic heterocycles. The average Bonchev–Trinajstić information content (AvgIpc) is 2.82. The predicted molar refractivity (Wildman–Crippen MR) is 75.5 cm³/mol. The number of nitrogens with one attached hydrogen (secondary N) is 1. The fourth-order valence-corrected chi connectivity index (χ4v) is 2.59. The highest BCUT2D eigenvalue weighted by Crippen LogP contribution is 2.17. The van der Waals surface area contributed by atoms with E-state index in [-0.39, 0.29) is 12.5 Å². The van der Waals surface area contributed by atoms with Crippen molar-refractivity contribution in [2.45, 2.75) is 51.6 Å². The largest absolute Gasteiger partial charge is 0.481 e. The molecule has 20 heavy (non-hydrogen) atoms. The van der Waals surface area contributed by atoms with Crippen molar-refractivity contribution in [2.24, 2.45) is 5.92 Å². The van der Waals surface area contributed by atoms with E-state index in [1.165, 1.54) is 0 Å². The number of rotatable bonds is 8. The third-order valence-corrected chi connectivity index (χ3v) is 3.74. The van der Waals surface area contributed by atoms with Crippen LogP contribution < -0.4 is 5.32 Å². The summed E-state index contributed by atoms with van der Waals surface area (Å²) in [6.45, 7) is 3.65. The molecule has 1 rings (SSSR count). The molecule has 6 heteroatoms. The summed E-state index contributed by atoms with van der Waals surface area (Å²) >= 11 is 0. The molecule has 2 unspecified atom stereocenters. The zero-order valence-electron chi connectivity index (χ0n) is 12.2. The van der Waals surface area contributed by atoms with Gasteiger partial charge in [-0.1, -0.05) is 19.8 Å². The summed E-state index contributed by atoms with van der Waals surface area (Å²) in [5, 5.41) is 20.9. The van der Waals surface area contributed by atoms with E-state index in [4.69, 9.17) is 5.11 Å². The van der Waals surface area contributed by atoms with Crippen LogP contribution >= 0.6 is 0 Å². The van der Waals surface area contributed by atoms with Gasteiger partial charge in [0.1, 0.15) is 0 Å². The average molecular weight is 286 g/mol. The Morgan fingerprint density at radius 3 is 2.65 bits per heavy atom. The number of carbonyl (C=O) groups is 2. The number of nitrogens with zero attached hydrogens (tertiary/aromatic N) is 1. The number of aliphatic hydroxyl groups is 1. The molecule has 116 valence electrons. The molecule has 0 radical (unpaired) electrons. The van der Waals surface area contributed by atoms with E-state index in [2.05, 4.69) is 12.2 Å². The summed E-state index contributed by atoms with van der Waals surface area (Å²) in [5.41, 5.74) is 0. The van der Waals surface area contributed by atoms with Crippen LogP contribution in [0, 0.1) is 5.92 Å². The molecular weight excluding hydrogens is 260 g/mol. The lowest BCUT2D eigenvalue weighted by atomic mass is 9.94. The SMILES string of the molecule is CCCC(CCNC(=O)N1CCC(O)C1)CCC(=O)O. The molecule has 0 spiro atoms. The molecule has 2 amide bonds. The van der Waals surface area contributed by atoms with Crippen molar-refractivity contribution >= 4 is 12.0 Å². The Hall–Kier alpha value is -1.30. The number of carbonyl (C=O) groups excluding carboxylic acids is 1. The first-order valence-corrected chi connectivity index (χ1v) is 7.45. The number of β-amino-alcohol motifs (C(OH)–C–C–N with tert-alkyl or cyclic N) is 1. The number of carboxylic acid groups (broad SMARTS) is 1. The second-order valence-corrected chi connectivity index (χ2v) is 5.50. The molecule has 1 aliphatic rings. The third-order valence-electron chi connectivity index (χ3n) is 3.74. The molecule has 1 fully saturated rings. The first-order chi connectivity index (χ1) is 9.52. The van der Waals surface area contributed by atoms with Gasteiger partial charge in [-0.05, 0) is 25.2 Å². The molecule has 0 bridgehead atoms. The van der Waals surface area contributed by atoms with Crippen LogP contribution in [-0.4, -0.2) is 52.9 Å². The molecule has 3 N–H and O–H groups in total. The summed E-state index contributed by atoms with van der Waals surface area (Å²) in [5.74, 6) is -0.415. The molecule has 0 saturated carbocycles. The monoisotopic (exact) mass is 286 g/mol. The van der Waals surface area contributed by atoms with Gasteiger partial charge in [-0.2, -0.15) is 0 Å². The van der Waals surface area contributed by atoms with Crippen molar-refractivity contribution in [3.05, 3.63) is 0 Å². The molecule has 6 nitrogen and oxygen atoms in total. The van der Waals surface area contributed by atoms with Crippen molar-refractivity contribution < 1.29 is 19.8 Å². The normalized spacial score (nSPS) is 19.9. The maximum absolute atomic E-state index is 11.8. The molecule has 0 aromatic heterocycles. The van der Waals surface area contributed by atoms with Crippen LogP contribution in [0.5, 0.6) is 0 Å².